The van der Waals surface area contributed by atoms with Gasteiger partial charge in [0.15, 0.2) is 11.0 Å². The van der Waals surface area contributed by atoms with Gasteiger partial charge in [-0.15, -0.1) is 16.2 Å². The number of fused-ring (bicyclic) bond motifs is 1. The lowest BCUT2D eigenvalue weighted by Crippen LogP contribution is -2.28. The number of aromatic nitrogens is 2. The van der Waals surface area contributed by atoms with Gasteiger partial charge in [-0.1, -0.05) is 12.1 Å². The van der Waals surface area contributed by atoms with Crippen LogP contribution in [-0.2, 0) is 10.6 Å². The second-order valence-corrected chi connectivity index (χ2v) is 5.31. The Bertz CT molecular complexity index is 584. The van der Waals surface area contributed by atoms with Crippen molar-refractivity contribution in [2.45, 2.75) is 32.3 Å². The highest BCUT2D eigenvalue weighted by Gasteiger charge is 2.28. The van der Waals surface area contributed by atoms with Crippen molar-refractivity contribution in [3.8, 4) is 0 Å². The number of imidazole rings is 1. The van der Waals surface area contributed by atoms with E-state index in [1.54, 1.807) is 0 Å². The van der Waals surface area contributed by atoms with Crippen LogP contribution in [0.5, 0.6) is 0 Å². The quantitative estimate of drug-likeness (QED) is 0.746. The van der Waals surface area contributed by atoms with E-state index in [-0.39, 0.29) is 5.88 Å². The molecule has 0 saturated carbocycles. The number of nitrogens with zero attached hydrogens (tertiary/aromatic N) is 1. The lowest BCUT2D eigenvalue weighted by Gasteiger charge is -2.17. The van der Waals surface area contributed by atoms with Gasteiger partial charge in [0.2, 0.25) is 0 Å². The van der Waals surface area contributed by atoms with Crippen molar-refractivity contribution >= 4 is 28.7 Å². The van der Waals surface area contributed by atoms with E-state index in [1.807, 2.05) is 45.0 Å². The molecule has 0 bridgehead atoms. The van der Waals surface area contributed by atoms with Crippen molar-refractivity contribution in [2.24, 2.45) is 0 Å². The Kier molecular flexibility index (Phi) is 3.30. The highest BCUT2D eigenvalue weighted by Crippen LogP contribution is 2.16. The van der Waals surface area contributed by atoms with Gasteiger partial charge in [0.1, 0.15) is 11.5 Å². The summed E-state index contributed by atoms with van der Waals surface area (Å²) in [7, 11) is 0. The molecule has 1 aromatic heterocycles. The molecule has 96 valence electrons. The fraction of sp³-hybridized carbons (Fsp3) is 0.385. The summed E-state index contributed by atoms with van der Waals surface area (Å²) in [6, 6.07) is 7.52. The van der Waals surface area contributed by atoms with Gasteiger partial charge in [-0.25, -0.2) is 4.98 Å². The molecule has 18 heavy (non-hydrogen) atoms. The fourth-order valence-corrected chi connectivity index (χ4v) is 1.93. The third-order valence-electron chi connectivity index (χ3n) is 2.40. The van der Waals surface area contributed by atoms with Gasteiger partial charge in [0.05, 0.1) is 0 Å². The van der Waals surface area contributed by atoms with E-state index in [9.17, 15) is 4.79 Å². The van der Waals surface area contributed by atoms with Gasteiger partial charge < -0.3 is 4.74 Å². The molecule has 0 aliphatic rings. The molecule has 0 unspecified atom stereocenters. The smallest absolute Gasteiger partial charge is 0.425 e. The fourth-order valence-electron chi connectivity index (χ4n) is 1.74. The van der Waals surface area contributed by atoms with Crippen LogP contribution in [0.2, 0.25) is 0 Å². The maximum Gasteiger partial charge on any atom is 0.512 e. The second kappa shape index (κ2) is 4.61. The van der Waals surface area contributed by atoms with Crippen molar-refractivity contribution in [1.29, 1.82) is 0 Å². The average Bonchev–Trinajstić information content (AvgIpc) is 2.64. The number of aromatic amines is 1. The van der Waals surface area contributed by atoms with Crippen LogP contribution < -0.4 is 4.98 Å². The van der Waals surface area contributed by atoms with Crippen LogP contribution >= 0.6 is 11.6 Å². The summed E-state index contributed by atoms with van der Waals surface area (Å²) in [6.45, 7) is 5.50. The molecule has 0 spiro atoms. The Morgan fingerprint density at radius 3 is 2.67 bits per heavy atom. The Balaban J connectivity index is 2.51. The van der Waals surface area contributed by atoms with E-state index in [4.69, 9.17) is 16.3 Å². The molecule has 4 nitrogen and oxygen atoms in total. The molecule has 0 aliphatic heterocycles. The third-order valence-corrected chi connectivity index (χ3v) is 2.65. The molecule has 2 aromatic rings. The van der Waals surface area contributed by atoms with Crippen LogP contribution in [0.4, 0.5) is 4.79 Å². The van der Waals surface area contributed by atoms with Gasteiger partial charge in [0, 0.05) is 0 Å². The molecule has 0 atom stereocenters. The molecular formula is C13H16ClN2O2+. The molecule has 5 heteroatoms. The number of rotatable bonds is 1. The topological polar surface area (TPSA) is 45.4 Å². The average molecular weight is 268 g/mol. The number of para-hydroxylation sites is 2. The van der Waals surface area contributed by atoms with Gasteiger partial charge in [-0.05, 0) is 32.9 Å². The SMILES string of the molecule is CC(C)(C)OC(=O)n1c(CCl)[nH+]c2ccccc21. The first-order valence-electron chi connectivity index (χ1n) is 5.73. The van der Waals surface area contributed by atoms with Crippen molar-refractivity contribution in [1.82, 2.24) is 4.57 Å². The van der Waals surface area contributed by atoms with E-state index in [0.29, 0.717) is 5.82 Å². The molecule has 0 fully saturated rings. The van der Waals surface area contributed by atoms with Crippen molar-refractivity contribution in [3.05, 3.63) is 30.1 Å². The Morgan fingerprint density at radius 2 is 2.06 bits per heavy atom. The van der Waals surface area contributed by atoms with Crippen LogP contribution in [0, 0.1) is 0 Å². The molecule has 1 heterocycles. The molecule has 1 N–H and O–H groups in total. The summed E-state index contributed by atoms with van der Waals surface area (Å²) < 4.78 is 6.86. The number of carbonyl (C=O) groups excluding carboxylic acids is 1. The largest absolute Gasteiger partial charge is 0.512 e. The molecule has 0 aliphatic carbocycles. The summed E-state index contributed by atoms with van der Waals surface area (Å²) in [6.07, 6.45) is -0.421. The summed E-state index contributed by atoms with van der Waals surface area (Å²) in [5, 5.41) is 0. The lowest BCUT2D eigenvalue weighted by molar-refractivity contribution is -0.357. The van der Waals surface area contributed by atoms with E-state index in [1.165, 1.54) is 4.57 Å². The van der Waals surface area contributed by atoms with Crippen molar-refractivity contribution in [2.75, 3.05) is 0 Å². The monoisotopic (exact) mass is 267 g/mol. The first-order chi connectivity index (χ1) is 8.42. The summed E-state index contributed by atoms with van der Waals surface area (Å²) in [5.41, 5.74) is 1.09. The van der Waals surface area contributed by atoms with Gasteiger partial charge in [-0.2, -0.15) is 4.79 Å². The van der Waals surface area contributed by atoms with E-state index < -0.39 is 11.7 Å². The highest BCUT2D eigenvalue weighted by molar-refractivity contribution is 6.16. The zero-order valence-corrected chi connectivity index (χ0v) is 11.4. The predicted molar refractivity (Wildman–Crippen MR) is 69.7 cm³/mol. The molecule has 0 amide bonds. The summed E-state index contributed by atoms with van der Waals surface area (Å²) in [4.78, 5) is 15.3. The number of alkyl halides is 1. The minimum absolute atomic E-state index is 0.216. The normalized spacial score (nSPS) is 11.8. The Hall–Kier alpha value is -1.55. The first kappa shape index (κ1) is 12.9. The molecule has 0 radical (unpaired) electrons. The maximum absolute atomic E-state index is 12.2. The van der Waals surface area contributed by atoms with E-state index in [2.05, 4.69) is 4.98 Å². The van der Waals surface area contributed by atoms with Gasteiger partial charge >= 0.3 is 6.09 Å². The van der Waals surface area contributed by atoms with Crippen LogP contribution in [0.15, 0.2) is 24.3 Å². The van der Waals surface area contributed by atoms with Crippen LogP contribution in [0.3, 0.4) is 0 Å². The van der Waals surface area contributed by atoms with E-state index in [0.717, 1.165) is 11.0 Å². The number of nitrogens with one attached hydrogen (secondary N) is 1. The summed E-state index contributed by atoms with van der Waals surface area (Å²) in [5.74, 6) is 0.834. The third kappa shape index (κ3) is 2.48. The van der Waals surface area contributed by atoms with Crippen molar-refractivity contribution < 1.29 is 14.5 Å². The Morgan fingerprint density at radius 1 is 1.39 bits per heavy atom. The van der Waals surface area contributed by atoms with E-state index >= 15 is 0 Å². The first-order valence-corrected chi connectivity index (χ1v) is 6.27. The van der Waals surface area contributed by atoms with Crippen molar-refractivity contribution in [3.63, 3.8) is 0 Å². The Labute approximate surface area is 111 Å². The highest BCUT2D eigenvalue weighted by atomic mass is 35.5. The zero-order valence-electron chi connectivity index (χ0n) is 10.7. The zero-order chi connectivity index (χ0) is 13.3. The maximum atomic E-state index is 12.2. The number of carbonyl (C=O) groups is 1. The number of ether oxygens (including phenoxy) is 1. The minimum atomic E-state index is -0.536. The molecule has 1 aromatic carbocycles. The number of hydrogen-bond acceptors (Lipinski definition) is 2. The number of benzene rings is 1. The lowest BCUT2D eigenvalue weighted by atomic mass is 10.2. The number of H-pyrrole nitrogens is 1. The van der Waals surface area contributed by atoms with Crippen LogP contribution in [-0.4, -0.2) is 16.3 Å². The molecule has 2 rings (SSSR count). The number of hydrogen-bond donors (Lipinski definition) is 0. The predicted octanol–water partition coefficient (Wildman–Crippen LogP) is 2.98. The minimum Gasteiger partial charge on any atom is -0.425 e. The van der Waals surface area contributed by atoms with Crippen LogP contribution in [0.25, 0.3) is 11.0 Å². The molecular weight excluding hydrogens is 252 g/mol. The molecule has 0 saturated heterocycles. The van der Waals surface area contributed by atoms with Crippen LogP contribution in [0.1, 0.15) is 26.6 Å². The van der Waals surface area contributed by atoms with Gasteiger partial charge in [0.25, 0.3) is 5.82 Å². The number of halogens is 1. The van der Waals surface area contributed by atoms with Gasteiger partial charge in [-0.3, -0.25) is 0 Å². The second-order valence-electron chi connectivity index (χ2n) is 5.04. The summed E-state index contributed by atoms with van der Waals surface area (Å²) >= 11 is 5.86. The standard InChI is InChI=1S/C13H15ClN2O2/c1-13(2,3)18-12(17)16-10-7-5-4-6-9(10)15-11(16)8-14/h4-7H,8H2,1-3H3/p+1.